The van der Waals surface area contributed by atoms with Gasteiger partial charge >= 0.3 is 0 Å². The summed E-state index contributed by atoms with van der Waals surface area (Å²) in [6.07, 6.45) is 0. The number of methoxy groups -OCH3 is 1. The van der Waals surface area contributed by atoms with Crippen molar-refractivity contribution < 1.29 is 14.4 Å². The fourth-order valence-electron chi connectivity index (χ4n) is 2.87. The lowest BCUT2D eigenvalue weighted by Crippen LogP contribution is -3.15. The third kappa shape index (κ3) is 5.95. The standard InChI is InChI=1S/C18H28N4O2S/c1-14-5-4-6-16(15(14)2)20-18(25)22-10-8-21(9-11-22)13-17(23)19-7-12-24-3/h4-6H,7-13H2,1-3H3,(H,19,23)(H,20,25)/p+1. The summed E-state index contributed by atoms with van der Waals surface area (Å²) < 4.78 is 4.94. The molecule has 0 aromatic heterocycles. The number of carbonyl (C=O) groups excluding carboxylic acids is 1. The zero-order valence-corrected chi connectivity index (χ0v) is 16.2. The molecule has 7 heteroatoms. The summed E-state index contributed by atoms with van der Waals surface area (Å²) in [5.41, 5.74) is 3.54. The maximum absolute atomic E-state index is 11.9. The molecule has 2 rings (SSSR count). The Bertz CT molecular complexity index is 601. The van der Waals surface area contributed by atoms with Crippen molar-refractivity contribution in [1.29, 1.82) is 0 Å². The summed E-state index contributed by atoms with van der Waals surface area (Å²) in [5.74, 6) is 0.0802. The van der Waals surface area contributed by atoms with Gasteiger partial charge in [0.15, 0.2) is 11.7 Å². The number of rotatable bonds is 6. The maximum Gasteiger partial charge on any atom is 0.275 e. The van der Waals surface area contributed by atoms with Crippen LogP contribution in [0.2, 0.25) is 0 Å². The van der Waals surface area contributed by atoms with Gasteiger partial charge in [-0.25, -0.2) is 0 Å². The number of quaternary nitrogens is 1. The van der Waals surface area contributed by atoms with Crippen LogP contribution in [-0.4, -0.2) is 68.9 Å². The number of thiocarbonyl (C=S) groups is 1. The van der Waals surface area contributed by atoms with Gasteiger partial charge in [0.2, 0.25) is 0 Å². The topological polar surface area (TPSA) is 58.0 Å². The number of anilines is 1. The molecule has 6 nitrogen and oxygen atoms in total. The normalized spacial score (nSPS) is 15.1. The van der Waals surface area contributed by atoms with Crippen molar-refractivity contribution in [2.75, 3.05) is 58.3 Å². The first kappa shape index (κ1) is 19.6. The molecule has 1 aromatic carbocycles. The zero-order chi connectivity index (χ0) is 18.2. The van der Waals surface area contributed by atoms with E-state index in [9.17, 15) is 4.79 Å². The molecule has 0 aliphatic carbocycles. The molecule has 1 aromatic rings. The van der Waals surface area contributed by atoms with Gasteiger partial charge in [-0.15, -0.1) is 0 Å². The fourth-order valence-corrected chi connectivity index (χ4v) is 3.16. The molecule has 1 saturated heterocycles. The molecule has 138 valence electrons. The Morgan fingerprint density at radius 1 is 1.32 bits per heavy atom. The second kappa shape index (κ2) is 9.70. The maximum atomic E-state index is 11.9. The molecule has 0 bridgehead atoms. The number of nitrogens with zero attached hydrogens (tertiary/aromatic N) is 1. The highest BCUT2D eigenvalue weighted by Gasteiger charge is 2.23. The number of amides is 1. The lowest BCUT2D eigenvalue weighted by atomic mass is 10.1. The Labute approximate surface area is 155 Å². The van der Waals surface area contributed by atoms with Crippen molar-refractivity contribution in [3.05, 3.63) is 29.3 Å². The number of nitrogens with one attached hydrogen (secondary N) is 3. The lowest BCUT2D eigenvalue weighted by molar-refractivity contribution is -0.895. The zero-order valence-electron chi connectivity index (χ0n) is 15.4. The summed E-state index contributed by atoms with van der Waals surface area (Å²) in [7, 11) is 1.63. The van der Waals surface area contributed by atoms with E-state index in [2.05, 4.69) is 41.5 Å². The number of aryl methyl sites for hydroxylation is 1. The molecule has 0 atom stereocenters. The summed E-state index contributed by atoms with van der Waals surface area (Å²) >= 11 is 5.57. The largest absolute Gasteiger partial charge is 0.383 e. The molecular weight excluding hydrogens is 336 g/mol. The summed E-state index contributed by atoms with van der Waals surface area (Å²) in [6, 6.07) is 6.20. The minimum atomic E-state index is 0.0802. The first-order chi connectivity index (χ1) is 12.0. The van der Waals surface area contributed by atoms with Gasteiger partial charge in [0.1, 0.15) is 0 Å². The summed E-state index contributed by atoms with van der Waals surface area (Å²) in [4.78, 5) is 15.3. The van der Waals surface area contributed by atoms with Crippen LogP contribution in [0.1, 0.15) is 11.1 Å². The highest BCUT2D eigenvalue weighted by atomic mass is 32.1. The van der Waals surface area contributed by atoms with Crippen molar-refractivity contribution in [1.82, 2.24) is 10.2 Å². The second-order valence-corrected chi connectivity index (χ2v) is 6.82. The van der Waals surface area contributed by atoms with Gasteiger partial charge in [-0.1, -0.05) is 12.1 Å². The second-order valence-electron chi connectivity index (χ2n) is 6.43. The van der Waals surface area contributed by atoms with E-state index >= 15 is 0 Å². The predicted molar refractivity (Wildman–Crippen MR) is 104 cm³/mol. The number of piperazine rings is 1. The average molecular weight is 366 g/mol. The number of hydrogen-bond acceptors (Lipinski definition) is 3. The van der Waals surface area contributed by atoms with Crippen LogP contribution in [0.4, 0.5) is 5.69 Å². The minimum absolute atomic E-state index is 0.0802. The number of ether oxygens (including phenoxy) is 1. The number of carbonyl (C=O) groups is 1. The predicted octanol–water partition coefficient (Wildman–Crippen LogP) is -0.0367. The molecule has 3 N–H and O–H groups in total. The van der Waals surface area contributed by atoms with Gasteiger partial charge in [0.25, 0.3) is 5.91 Å². The molecule has 0 spiro atoms. The average Bonchev–Trinajstić information content (AvgIpc) is 2.60. The van der Waals surface area contributed by atoms with Gasteiger partial charge in [-0.05, 0) is 43.3 Å². The van der Waals surface area contributed by atoms with Crippen LogP contribution in [-0.2, 0) is 9.53 Å². The van der Waals surface area contributed by atoms with E-state index in [0.29, 0.717) is 19.7 Å². The van der Waals surface area contributed by atoms with Gasteiger partial charge in [0.05, 0.1) is 32.8 Å². The van der Waals surface area contributed by atoms with Crippen LogP contribution in [0.25, 0.3) is 0 Å². The Hall–Kier alpha value is -1.70. The van der Waals surface area contributed by atoms with Crippen LogP contribution in [0.15, 0.2) is 18.2 Å². The van der Waals surface area contributed by atoms with Crippen LogP contribution in [0.3, 0.4) is 0 Å². The first-order valence-electron chi connectivity index (χ1n) is 8.72. The van der Waals surface area contributed by atoms with E-state index in [-0.39, 0.29) is 5.91 Å². The quantitative estimate of drug-likeness (QED) is 0.488. The van der Waals surface area contributed by atoms with Crippen molar-refractivity contribution in [2.24, 2.45) is 0 Å². The van der Waals surface area contributed by atoms with E-state index in [1.54, 1.807) is 7.11 Å². The Balaban J connectivity index is 1.76. The van der Waals surface area contributed by atoms with Gasteiger partial charge in [-0.2, -0.15) is 0 Å². The van der Waals surface area contributed by atoms with Crippen molar-refractivity contribution in [2.45, 2.75) is 13.8 Å². The summed E-state index contributed by atoms with van der Waals surface area (Å²) in [5, 5.41) is 7.00. The number of hydrogen-bond donors (Lipinski definition) is 3. The van der Waals surface area contributed by atoms with Gasteiger partial charge in [-0.3, -0.25) is 4.79 Å². The molecule has 1 amide bonds. The molecule has 1 fully saturated rings. The molecule has 1 heterocycles. The Morgan fingerprint density at radius 2 is 2.04 bits per heavy atom. The SMILES string of the molecule is COCCNC(=O)C[NH+]1CCN(C(=S)Nc2cccc(C)c2C)CC1. The van der Waals surface area contributed by atoms with Crippen molar-refractivity contribution in [3.63, 3.8) is 0 Å². The van der Waals surface area contributed by atoms with Crippen LogP contribution < -0.4 is 15.5 Å². The highest BCUT2D eigenvalue weighted by molar-refractivity contribution is 7.80. The van der Waals surface area contributed by atoms with Crippen LogP contribution in [0, 0.1) is 13.8 Å². The van der Waals surface area contributed by atoms with E-state index < -0.39 is 0 Å². The molecule has 1 aliphatic rings. The van der Waals surface area contributed by atoms with Crippen LogP contribution in [0.5, 0.6) is 0 Å². The highest BCUT2D eigenvalue weighted by Crippen LogP contribution is 2.18. The Morgan fingerprint density at radius 3 is 2.72 bits per heavy atom. The lowest BCUT2D eigenvalue weighted by Gasteiger charge is -2.33. The Kier molecular flexibility index (Phi) is 7.61. The van der Waals surface area contributed by atoms with E-state index in [0.717, 1.165) is 37.0 Å². The molecule has 25 heavy (non-hydrogen) atoms. The third-order valence-corrected chi connectivity index (χ3v) is 5.00. The van der Waals surface area contributed by atoms with Gasteiger partial charge in [0, 0.05) is 19.3 Å². The van der Waals surface area contributed by atoms with Crippen molar-refractivity contribution >= 4 is 28.9 Å². The molecule has 1 aliphatic heterocycles. The van der Waals surface area contributed by atoms with Crippen LogP contribution >= 0.6 is 12.2 Å². The molecule has 0 saturated carbocycles. The molecule has 0 radical (unpaired) electrons. The molecule has 0 unspecified atom stereocenters. The van der Waals surface area contributed by atoms with E-state index in [1.165, 1.54) is 16.0 Å². The smallest absolute Gasteiger partial charge is 0.275 e. The third-order valence-electron chi connectivity index (χ3n) is 4.64. The van der Waals surface area contributed by atoms with Crippen molar-refractivity contribution in [3.8, 4) is 0 Å². The van der Waals surface area contributed by atoms with Gasteiger partial charge < -0.3 is 25.2 Å². The fraction of sp³-hybridized carbons (Fsp3) is 0.556. The van der Waals surface area contributed by atoms with E-state index in [4.69, 9.17) is 17.0 Å². The molecular formula is C18H29N4O2S+. The minimum Gasteiger partial charge on any atom is -0.383 e. The first-order valence-corrected chi connectivity index (χ1v) is 9.13. The summed E-state index contributed by atoms with van der Waals surface area (Å²) in [6.45, 7) is 9.36. The monoisotopic (exact) mass is 365 g/mol. The van der Waals surface area contributed by atoms with E-state index in [1.807, 2.05) is 6.07 Å². The number of benzene rings is 1.